The third-order valence-corrected chi connectivity index (χ3v) is 2.99. The zero-order chi connectivity index (χ0) is 11.3. The summed E-state index contributed by atoms with van der Waals surface area (Å²) in [5.74, 6) is 0. The van der Waals surface area contributed by atoms with Crippen molar-refractivity contribution >= 4 is 11.8 Å². The monoisotopic (exact) mass is 227 g/mol. The van der Waals surface area contributed by atoms with Gasteiger partial charge in [0.25, 0.3) is 0 Å². The normalized spacial score (nSPS) is 14.9. The van der Waals surface area contributed by atoms with E-state index >= 15 is 0 Å². The average molecular weight is 227 g/mol. The van der Waals surface area contributed by atoms with Crippen LogP contribution >= 0.6 is 11.8 Å². The van der Waals surface area contributed by atoms with E-state index in [9.17, 15) is 10.2 Å². The van der Waals surface area contributed by atoms with Gasteiger partial charge in [-0.1, -0.05) is 12.1 Å². The maximum absolute atomic E-state index is 9.83. The van der Waals surface area contributed by atoms with Crippen molar-refractivity contribution in [3.05, 3.63) is 29.8 Å². The highest BCUT2D eigenvalue weighted by Gasteiger charge is 2.17. The highest BCUT2D eigenvalue weighted by atomic mass is 32.2. The molecule has 2 atom stereocenters. The third kappa shape index (κ3) is 3.50. The quantitative estimate of drug-likeness (QED) is 0.660. The predicted molar refractivity (Wildman–Crippen MR) is 62.9 cm³/mol. The fraction of sp³-hybridized carbons (Fsp3) is 0.455. The zero-order valence-corrected chi connectivity index (χ0v) is 9.57. The van der Waals surface area contributed by atoms with E-state index in [1.807, 2.05) is 30.5 Å². The second kappa shape index (κ2) is 6.12. The van der Waals surface area contributed by atoms with E-state index < -0.39 is 12.2 Å². The van der Waals surface area contributed by atoms with Gasteiger partial charge in [-0.3, -0.25) is 0 Å². The number of hydrogen-bond acceptors (Lipinski definition) is 4. The van der Waals surface area contributed by atoms with E-state index in [0.29, 0.717) is 13.0 Å². The molecule has 0 fully saturated rings. The lowest BCUT2D eigenvalue weighted by Crippen LogP contribution is -2.21. The molecule has 2 unspecified atom stereocenters. The number of benzene rings is 1. The van der Waals surface area contributed by atoms with Crippen LogP contribution < -0.4 is 5.73 Å². The van der Waals surface area contributed by atoms with Gasteiger partial charge in [0.05, 0.1) is 6.10 Å². The van der Waals surface area contributed by atoms with Gasteiger partial charge in [0.2, 0.25) is 0 Å². The van der Waals surface area contributed by atoms with Gasteiger partial charge in [-0.15, -0.1) is 11.8 Å². The van der Waals surface area contributed by atoms with Crippen molar-refractivity contribution in [3.8, 4) is 0 Å². The molecular formula is C11H17NO2S. The Morgan fingerprint density at radius 1 is 1.40 bits per heavy atom. The molecule has 0 heterocycles. The van der Waals surface area contributed by atoms with Crippen molar-refractivity contribution in [1.29, 1.82) is 0 Å². The lowest BCUT2D eigenvalue weighted by Gasteiger charge is -2.17. The van der Waals surface area contributed by atoms with Gasteiger partial charge in [-0.05, 0) is 36.9 Å². The molecule has 0 amide bonds. The Hall–Kier alpha value is -0.550. The highest BCUT2D eigenvalue weighted by molar-refractivity contribution is 7.98. The molecule has 0 radical (unpaired) electrons. The van der Waals surface area contributed by atoms with Gasteiger partial charge in [0, 0.05) is 4.90 Å². The summed E-state index contributed by atoms with van der Waals surface area (Å²) in [4.78, 5) is 1.08. The van der Waals surface area contributed by atoms with Crippen LogP contribution in [0.15, 0.2) is 29.2 Å². The first-order valence-electron chi connectivity index (χ1n) is 4.89. The first kappa shape index (κ1) is 12.5. The van der Waals surface area contributed by atoms with Crippen LogP contribution in [-0.2, 0) is 0 Å². The standard InChI is InChI=1S/C11H17NO2S/c1-15-9-4-2-3-8(7-9)11(14)10(13)5-6-12/h2-4,7,10-11,13-14H,5-6,12H2,1H3. The van der Waals surface area contributed by atoms with Crippen LogP contribution in [0.5, 0.6) is 0 Å². The maximum atomic E-state index is 9.83. The molecule has 0 aromatic heterocycles. The van der Waals surface area contributed by atoms with Crippen molar-refractivity contribution in [2.75, 3.05) is 12.8 Å². The van der Waals surface area contributed by atoms with Gasteiger partial charge >= 0.3 is 0 Å². The van der Waals surface area contributed by atoms with Gasteiger partial charge in [0.15, 0.2) is 0 Å². The largest absolute Gasteiger partial charge is 0.390 e. The number of rotatable bonds is 5. The lowest BCUT2D eigenvalue weighted by molar-refractivity contribution is 0.0149. The Balaban J connectivity index is 2.76. The topological polar surface area (TPSA) is 66.5 Å². The molecule has 0 saturated heterocycles. The minimum Gasteiger partial charge on any atom is -0.390 e. The lowest BCUT2D eigenvalue weighted by atomic mass is 10.0. The summed E-state index contributed by atoms with van der Waals surface area (Å²) < 4.78 is 0. The van der Waals surface area contributed by atoms with Gasteiger partial charge in [-0.2, -0.15) is 0 Å². The van der Waals surface area contributed by atoms with Crippen molar-refractivity contribution in [2.24, 2.45) is 5.73 Å². The summed E-state index contributed by atoms with van der Waals surface area (Å²) in [5, 5.41) is 19.4. The average Bonchev–Trinajstić information content (AvgIpc) is 2.28. The molecular weight excluding hydrogens is 210 g/mol. The van der Waals surface area contributed by atoms with Crippen molar-refractivity contribution in [3.63, 3.8) is 0 Å². The van der Waals surface area contributed by atoms with Crippen LogP contribution in [0.2, 0.25) is 0 Å². The van der Waals surface area contributed by atoms with Crippen molar-refractivity contribution < 1.29 is 10.2 Å². The fourth-order valence-electron chi connectivity index (χ4n) is 1.38. The van der Waals surface area contributed by atoms with Crippen LogP contribution in [0.4, 0.5) is 0 Å². The summed E-state index contributed by atoms with van der Waals surface area (Å²) in [5.41, 5.74) is 6.06. The van der Waals surface area contributed by atoms with E-state index in [4.69, 9.17) is 5.73 Å². The second-order valence-electron chi connectivity index (χ2n) is 3.37. The number of aliphatic hydroxyl groups excluding tert-OH is 2. The van der Waals surface area contributed by atoms with Crippen LogP contribution in [0, 0.1) is 0 Å². The van der Waals surface area contributed by atoms with Crippen LogP contribution in [-0.4, -0.2) is 29.1 Å². The van der Waals surface area contributed by atoms with E-state index in [0.717, 1.165) is 10.5 Å². The summed E-state index contributed by atoms with van der Waals surface area (Å²) in [7, 11) is 0. The van der Waals surface area contributed by atoms with Gasteiger partial charge < -0.3 is 15.9 Å². The molecule has 0 aliphatic carbocycles. The molecule has 0 aliphatic rings. The highest BCUT2D eigenvalue weighted by Crippen LogP contribution is 2.23. The Bertz CT molecular complexity index is 306. The Morgan fingerprint density at radius 2 is 2.13 bits per heavy atom. The first-order chi connectivity index (χ1) is 7.19. The smallest absolute Gasteiger partial charge is 0.105 e. The Labute approximate surface area is 94.3 Å². The summed E-state index contributed by atoms with van der Waals surface area (Å²) in [6, 6.07) is 7.54. The van der Waals surface area contributed by atoms with E-state index in [1.54, 1.807) is 11.8 Å². The van der Waals surface area contributed by atoms with Gasteiger partial charge in [0.1, 0.15) is 6.10 Å². The number of hydrogen-bond donors (Lipinski definition) is 3. The van der Waals surface area contributed by atoms with Gasteiger partial charge in [-0.25, -0.2) is 0 Å². The zero-order valence-electron chi connectivity index (χ0n) is 8.76. The summed E-state index contributed by atoms with van der Waals surface area (Å²) in [6.07, 6.45) is 0.750. The van der Waals surface area contributed by atoms with E-state index in [1.165, 1.54) is 0 Å². The number of nitrogens with two attached hydrogens (primary N) is 1. The molecule has 0 saturated carbocycles. The number of aliphatic hydroxyl groups is 2. The van der Waals surface area contributed by atoms with Crippen LogP contribution in [0.25, 0.3) is 0 Å². The van der Waals surface area contributed by atoms with Crippen molar-refractivity contribution in [1.82, 2.24) is 0 Å². The molecule has 1 aromatic carbocycles. The molecule has 0 aliphatic heterocycles. The maximum Gasteiger partial charge on any atom is 0.105 e. The van der Waals surface area contributed by atoms with E-state index in [2.05, 4.69) is 0 Å². The molecule has 4 heteroatoms. The van der Waals surface area contributed by atoms with Crippen LogP contribution in [0.3, 0.4) is 0 Å². The predicted octanol–water partition coefficient (Wildman–Crippen LogP) is 1.15. The molecule has 3 nitrogen and oxygen atoms in total. The number of thioether (sulfide) groups is 1. The SMILES string of the molecule is CSc1cccc(C(O)C(O)CCN)c1. The van der Waals surface area contributed by atoms with Crippen LogP contribution in [0.1, 0.15) is 18.1 Å². The summed E-state index contributed by atoms with van der Waals surface area (Å²) in [6.45, 7) is 0.375. The molecule has 0 spiro atoms. The second-order valence-corrected chi connectivity index (χ2v) is 4.25. The minimum atomic E-state index is -0.847. The molecule has 15 heavy (non-hydrogen) atoms. The van der Waals surface area contributed by atoms with E-state index in [-0.39, 0.29) is 0 Å². The third-order valence-electron chi connectivity index (χ3n) is 2.26. The molecule has 4 N–H and O–H groups in total. The summed E-state index contributed by atoms with van der Waals surface area (Å²) >= 11 is 1.61. The Morgan fingerprint density at radius 3 is 2.73 bits per heavy atom. The molecule has 1 aromatic rings. The Kier molecular flexibility index (Phi) is 5.11. The fourth-order valence-corrected chi connectivity index (χ4v) is 1.84. The molecule has 1 rings (SSSR count). The first-order valence-corrected chi connectivity index (χ1v) is 6.11. The molecule has 84 valence electrons. The van der Waals surface area contributed by atoms with Crippen molar-refractivity contribution in [2.45, 2.75) is 23.5 Å². The minimum absolute atomic E-state index is 0.375. The molecule has 0 bridgehead atoms.